The lowest BCUT2D eigenvalue weighted by Gasteiger charge is -2.07. The largest absolute Gasteiger partial charge is 0.507 e. The highest BCUT2D eigenvalue weighted by Crippen LogP contribution is 2.31. The van der Waals surface area contributed by atoms with E-state index < -0.39 is 28.9 Å². The third-order valence-electron chi connectivity index (χ3n) is 4.45. The van der Waals surface area contributed by atoms with Crippen LogP contribution in [0.5, 0.6) is 5.75 Å². The average Bonchev–Trinajstić information content (AvgIpc) is 3.20. The first-order valence-electron chi connectivity index (χ1n) is 8.82. The van der Waals surface area contributed by atoms with Crippen molar-refractivity contribution < 1.29 is 23.1 Å². The summed E-state index contributed by atoms with van der Waals surface area (Å²) < 4.78 is 40.9. The van der Waals surface area contributed by atoms with E-state index >= 15 is 0 Å². The Morgan fingerprint density at radius 2 is 1.63 bits per heavy atom. The maximum atomic E-state index is 13.7. The highest BCUT2D eigenvalue weighted by Gasteiger charge is 2.17. The van der Waals surface area contributed by atoms with E-state index in [2.05, 4.69) is 15.5 Å². The number of aromatic nitrogens is 2. The van der Waals surface area contributed by atoms with Crippen LogP contribution in [0.15, 0.2) is 66.7 Å². The van der Waals surface area contributed by atoms with Gasteiger partial charge in [-0.25, -0.2) is 13.2 Å². The molecule has 1 amide bonds. The Bertz CT molecular complexity index is 1220. The minimum absolute atomic E-state index is 0.0926. The molecule has 0 aliphatic carbocycles. The molecule has 0 spiro atoms. The van der Waals surface area contributed by atoms with Gasteiger partial charge in [0.1, 0.15) is 28.8 Å². The number of nitrogens with zero attached hydrogens (tertiary/aromatic N) is 1. The van der Waals surface area contributed by atoms with Gasteiger partial charge >= 0.3 is 0 Å². The van der Waals surface area contributed by atoms with Crippen molar-refractivity contribution in [1.82, 2.24) is 10.2 Å². The van der Waals surface area contributed by atoms with Crippen molar-refractivity contribution in [2.24, 2.45) is 0 Å². The fourth-order valence-electron chi connectivity index (χ4n) is 2.96. The monoisotopic (exact) mass is 409 g/mol. The molecule has 8 heteroatoms. The second-order valence-electron chi connectivity index (χ2n) is 6.46. The quantitative estimate of drug-likeness (QED) is 0.438. The van der Waals surface area contributed by atoms with Gasteiger partial charge in [-0.3, -0.25) is 9.89 Å². The van der Waals surface area contributed by atoms with Crippen LogP contribution < -0.4 is 5.32 Å². The zero-order valence-corrected chi connectivity index (χ0v) is 15.3. The molecular weight excluding hydrogens is 395 g/mol. The Hall–Kier alpha value is -4.07. The van der Waals surface area contributed by atoms with Crippen molar-refractivity contribution in [3.8, 4) is 28.3 Å². The van der Waals surface area contributed by atoms with Crippen LogP contribution in [-0.2, 0) is 0 Å². The molecule has 30 heavy (non-hydrogen) atoms. The van der Waals surface area contributed by atoms with Crippen LogP contribution in [0.2, 0.25) is 0 Å². The van der Waals surface area contributed by atoms with E-state index in [1.807, 2.05) is 0 Å². The molecule has 0 aliphatic rings. The van der Waals surface area contributed by atoms with E-state index in [0.717, 1.165) is 18.2 Å². The molecule has 0 unspecified atom stereocenters. The molecule has 5 nitrogen and oxygen atoms in total. The topological polar surface area (TPSA) is 78.0 Å². The minimum atomic E-state index is -0.950. The smallest absolute Gasteiger partial charge is 0.261 e. The summed E-state index contributed by atoms with van der Waals surface area (Å²) in [5.74, 6) is -3.39. The van der Waals surface area contributed by atoms with Crippen LogP contribution in [-0.4, -0.2) is 21.2 Å². The summed E-state index contributed by atoms with van der Waals surface area (Å²) in [5.41, 5.74) is 1.56. The first kappa shape index (κ1) is 19.3. The van der Waals surface area contributed by atoms with Gasteiger partial charge in [0.15, 0.2) is 0 Å². The number of anilines is 1. The summed E-state index contributed by atoms with van der Waals surface area (Å²) in [7, 11) is 0. The lowest BCUT2D eigenvalue weighted by molar-refractivity contribution is 0.101. The SMILES string of the molecule is O=C(Nc1ccc(-c2cc(-c3cc(F)ccc3O)[nH]n2)cc1)c1c(F)cccc1F. The molecular formula is C22H14F3N3O2. The number of halogens is 3. The maximum Gasteiger partial charge on any atom is 0.261 e. The average molecular weight is 409 g/mol. The number of aromatic hydroxyl groups is 1. The van der Waals surface area contributed by atoms with Gasteiger partial charge < -0.3 is 10.4 Å². The van der Waals surface area contributed by atoms with E-state index in [1.165, 1.54) is 18.2 Å². The van der Waals surface area contributed by atoms with Gasteiger partial charge in [-0.05, 0) is 48.5 Å². The van der Waals surface area contributed by atoms with Crippen LogP contribution >= 0.6 is 0 Å². The third-order valence-corrected chi connectivity index (χ3v) is 4.45. The predicted octanol–water partition coefficient (Wildman–Crippen LogP) is 5.12. The maximum absolute atomic E-state index is 13.7. The van der Waals surface area contributed by atoms with Crippen LogP contribution in [0, 0.1) is 17.5 Å². The number of aromatic amines is 1. The lowest BCUT2D eigenvalue weighted by Crippen LogP contribution is -2.15. The zero-order chi connectivity index (χ0) is 21.3. The number of amides is 1. The molecule has 1 aromatic heterocycles. The number of carbonyl (C=O) groups is 1. The summed E-state index contributed by atoms with van der Waals surface area (Å²) in [5, 5.41) is 19.2. The number of carbonyl (C=O) groups excluding carboxylic acids is 1. The van der Waals surface area contributed by atoms with Crippen LogP contribution in [0.25, 0.3) is 22.5 Å². The summed E-state index contributed by atoms with van der Waals surface area (Å²) in [6, 6.07) is 14.8. The molecule has 0 bridgehead atoms. The van der Waals surface area contributed by atoms with Crippen LogP contribution in [0.3, 0.4) is 0 Å². The summed E-state index contributed by atoms with van der Waals surface area (Å²) in [4.78, 5) is 12.2. The molecule has 0 atom stereocenters. The number of H-pyrrole nitrogens is 1. The first-order valence-corrected chi connectivity index (χ1v) is 8.82. The van der Waals surface area contributed by atoms with Crippen molar-refractivity contribution >= 4 is 11.6 Å². The molecule has 0 saturated heterocycles. The van der Waals surface area contributed by atoms with Crippen molar-refractivity contribution in [3.05, 3.63) is 89.7 Å². The molecule has 0 fully saturated rings. The first-order chi connectivity index (χ1) is 14.4. The van der Waals surface area contributed by atoms with Gasteiger partial charge in [0.25, 0.3) is 5.91 Å². The number of phenolic OH excluding ortho intramolecular Hbond substituents is 1. The van der Waals surface area contributed by atoms with Gasteiger partial charge in [-0.2, -0.15) is 5.10 Å². The fraction of sp³-hybridized carbons (Fsp3) is 0. The summed E-state index contributed by atoms with van der Waals surface area (Å²) in [6.07, 6.45) is 0. The zero-order valence-electron chi connectivity index (χ0n) is 15.3. The van der Waals surface area contributed by atoms with Gasteiger partial charge in [0, 0.05) is 16.8 Å². The lowest BCUT2D eigenvalue weighted by atomic mass is 10.1. The van der Waals surface area contributed by atoms with Crippen molar-refractivity contribution in [2.75, 3.05) is 5.32 Å². The Morgan fingerprint density at radius 1 is 0.933 bits per heavy atom. The minimum Gasteiger partial charge on any atom is -0.507 e. The Kier molecular flexibility index (Phi) is 4.97. The van der Waals surface area contributed by atoms with Crippen LogP contribution in [0.4, 0.5) is 18.9 Å². The molecule has 4 aromatic rings. The molecule has 3 aromatic carbocycles. The van der Waals surface area contributed by atoms with Crippen molar-refractivity contribution in [2.45, 2.75) is 0 Å². The molecule has 0 radical (unpaired) electrons. The Balaban J connectivity index is 1.54. The van der Waals surface area contributed by atoms with Gasteiger partial charge in [-0.15, -0.1) is 0 Å². The number of benzene rings is 3. The van der Waals surface area contributed by atoms with Gasteiger partial charge in [0.2, 0.25) is 0 Å². The highest BCUT2D eigenvalue weighted by atomic mass is 19.1. The molecule has 1 heterocycles. The van der Waals surface area contributed by atoms with Gasteiger partial charge in [0.05, 0.1) is 11.4 Å². The van der Waals surface area contributed by atoms with E-state index in [4.69, 9.17) is 0 Å². The molecule has 0 aliphatic heterocycles. The molecule has 0 saturated carbocycles. The van der Waals surface area contributed by atoms with Crippen LogP contribution in [0.1, 0.15) is 10.4 Å². The van der Waals surface area contributed by atoms with E-state index in [9.17, 15) is 23.1 Å². The van der Waals surface area contributed by atoms with E-state index in [1.54, 1.807) is 30.3 Å². The van der Waals surface area contributed by atoms with Crippen molar-refractivity contribution in [3.63, 3.8) is 0 Å². The molecule has 4 rings (SSSR count). The Labute approximate surface area is 168 Å². The normalized spacial score (nSPS) is 10.8. The second-order valence-corrected chi connectivity index (χ2v) is 6.46. The second kappa shape index (κ2) is 7.75. The van der Waals surface area contributed by atoms with E-state index in [0.29, 0.717) is 22.6 Å². The number of hydrogen-bond donors (Lipinski definition) is 3. The molecule has 150 valence electrons. The number of rotatable bonds is 4. The summed E-state index contributed by atoms with van der Waals surface area (Å²) >= 11 is 0. The van der Waals surface area contributed by atoms with Crippen molar-refractivity contribution in [1.29, 1.82) is 0 Å². The van der Waals surface area contributed by atoms with Gasteiger partial charge in [-0.1, -0.05) is 18.2 Å². The number of hydrogen-bond acceptors (Lipinski definition) is 3. The number of nitrogens with one attached hydrogen (secondary N) is 2. The Morgan fingerprint density at radius 3 is 2.33 bits per heavy atom. The fourth-order valence-corrected chi connectivity index (χ4v) is 2.96. The van der Waals surface area contributed by atoms with E-state index in [-0.39, 0.29) is 11.3 Å². The standard InChI is InChI=1S/C22H14F3N3O2/c23-13-6-9-20(29)15(10-13)19-11-18(27-28-19)12-4-7-14(8-5-12)26-22(30)21-16(24)2-1-3-17(21)25/h1-11,29H,(H,26,30)(H,27,28). The summed E-state index contributed by atoms with van der Waals surface area (Å²) in [6.45, 7) is 0. The third kappa shape index (κ3) is 3.75. The predicted molar refractivity (Wildman–Crippen MR) is 105 cm³/mol. The highest BCUT2D eigenvalue weighted by molar-refractivity contribution is 6.04. The number of phenols is 1. The molecule has 3 N–H and O–H groups in total.